The molecule has 4 rings (SSSR count). The second-order valence-corrected chi connectivity index (χ2v) is 7.45. The van der Waals surface area contributed by atoms with Crippen molar-refractivity contribution >= 4 is 22.5 Å². The molecule has 1 N–H and O–H groups in total. The van der Waals surface area contributed by atoms with Gasteiger partial charge in [-0.15, -0.1) is 10.2 Å². The molecule has 0 aliphatic carbocycles. The van der Waals surface area contributed by atoms with Crippen LogP contribution in [0.15, 0.2) is 52.7 Å². The molecular formula is C23H26N4O5. The fraction of sp³-hybridized carbons (Fsp3) is 0.348. The number of amides is 1. The Balaban J connectivity index is 1.55. The van der Waals surface area contributed by atoms with E-state index in [0.29, 0.717) is 31.4 Å². The number of azo groups is 1. The number of fused-ring (bicyclic) bond motifs is 1. The minimum absolute atomic E-state index is 0.0136. The molecule has 2 aromatic carbocycles. The van der Waals surface area contributed by atoms with Gasteiger partial charge < -0.3 is 19.3 Å². The molecule has 2 heterocycles. The fourth-order valence-electron chi connectivity index (χ4n) is 3.76. The quantitative estimate of drug-likeness (QED) is 0.567. The van der Waals surface area contributed by atoms with Crippen LogP contribution in [0.25, 0.3) is 10.9 Å². The number of rotatable bonds is 7. The van der Waals surface area contributed by atoms with Crippen molar-refractivity contribution in [2.45, 2.75) is 13.1 Å². The van der Waals surface area contributed by atoms with Gasteiger partial charge in [0, 0.05) is 18.5 Å². The highest BCUT2D eigenvalue weighted by molar-refractivity contribution is 5.95. The van der Waals surface area contributed by atoms with Gasteiger partial charge in [0.2, 0.25) is 5.88 Å². The normalized spacial score (nSPS) is 14.8. The third-order valence-corrected chi connectivity index (χ3v) is 5.43. The van der Waals surface area contributed by atoms with E-state index in [9.17, 15) is 9.90 Å². The largest absolute Gasteiger partial charge is 0.493 e. The lowest BCUT2D eigenvalue weighted by Gasteiger charge is -2.27. The highest BCUT2D eigenvalue weighted by Gasteiger charge is 2.20. The molecular weight excluding hydrogens is 412 g/mol. The minimum Gasteiger partial charge on any atom is -0.493 e. The molecule has 1 fully saturated rings. The van der Waals surface area contributed by atoms with Crippen LogP contribution in [0.4, 0.5) is 5.69 Å². The number of carbonyl (C=O) groups is 1. The average molecular weight is 438 g/mol. The van der Waals surface area contributed by atoms with Gasteiger partial charge in [-0.25, -0.2) is 0 Å². The Hall–Kier alpha value is -3.43. The van der Waals surface area contributed by atoms with E-state index in [2.05, 4.69) is 15.1 Å². The van der Waals surface area contributed by atoms with E-state index in [-0.39, 0.29) is 18.0 Å². The molecule has 1 amide bonds. The second kappa shape index (κ2) is 9.80. The van der Waals surface area contributed by atoms with Crippen molar-refractivity contribution in [3.63, 3.8) is 0 Å². The van der Waals surface area contributed by atoms with Crippen molar-refractivity contribution in [3.8, 4) is 17.4 Å². The number of hydrogen-bond acceptors (Lipinski definition) is 7. The van der Waals surface area contributed by atoms with E-state index in [1.807, 2.05) is 24.3 Å². The first kappa shape index (κ1) is 21.8. The first-order valence-corrected chi connectivity index (χ1v) is 10.4. The zero-order valence-electron chi connectivity index (χ0n) is 18.2. The minimum atomic E-state index is -0.429. The van der Waals surface area contributed by atoms with Gasteiger partial charge in [0.25, 0.3) is 5.91 Å². The highest BCUT2D eigenvalue weighted by Crippen LogP contribution is 2.39. The number of para-hydroxylation sites is 1. The molecule has 1 aliphatic rings. The fourth-order valence-corrected chi connectivity index (χ4v) is 3.76. The molecule has 32 heavy (non-hydrogen) atoms. The van der Waals surface area contributed by atoms with Gasteiger partial charge in [-0.3, -0.25) is 14.3 Å². The summed E-state index contributed by atoms with van der Waals surface area (Å²) in [5.74, 6) is 0.684. The second-order valence-electron chi connectivity index (χ2n) is 7.45. The zero-order chi connectivity index (χ0) is 22.5. The topological polar surface area (TPSA) is 97.9 Å². The van der Waals surface area contributed by atoms with Crippen LogP contribution in [0.1, 0.15) is 5.56 Å². The molecule has 0 atom stereocenters. The van der Waals surface area contributed by atoms with Crippen molar-refractivity contribution in [1.82, 2.24) is 9.47 Å². The molecule has 0 saturated carbocycles. The first-order chi connectivity index (χ1) is 15.6. The summed E-state index contributed by atoms with van der Waals surface area (Å²) in [4.78, 5) is 14.7. The van der Waals surface area contributed by atoms with Crippen LogP contribution in [0.3, 0.4) is 0 Å². The highest BCUT2D eigenvalue weighted by atomic mass is 16.5. The molecule has 9 heteroatoms. The number of ether oxygens (including phenoxy) is 3. The standard InChI is InChI=1S/C23H26N4O5/c1-30-19-8-7-16(13-20(19)31-2)14-21(28)24-25-22-17-5-3-4-6-18(17)27(23(22)29)15-26-9-11-32-12-10-26/h3-8,13,29H,9-12,14-15H2,1-2H3. The molecule has 3 aromatic rings. The molecule has 0 unspecified atom stereocenters. The van der Waals surface area contributed by atoms with Crippen molar-refractivity contribution in [1.29, 1.82) is 0 Å². The summed E-state index contributed by atoms with van der Waals surface area (Å²) >= 11 is 0. The Morgan fingerprint density at radius 1 is 1.09 bits per heavy atom. The van der Waals surface area contributed by atoms with Crippen molar-refractivity contribution in [2.75, 3.05) is 40.5 Å². The van der Waals surface area contributed by atoms with Gasteiger partial charge in [-0.05, 0) is 23.8 Å². The molecule has 0 bridgehead atoms. The molecule has 0 radical (unpaired) electrons. The number of aromatic nitrogens is 1. The van der Waals surface area contributed by atoms with Crippen LogP contribution < -0.4 is 9.47 Å². The maximum absolute atomic E-state index is 12.5. The predicted molar refractivity (Wildman–Crippen MR) is 119 cm³/mol. The number of benzene rings is 2. The van der Waals surface area contributed by atoms with Gasteiger partial charge >= 0.3 is 0 Å². The number of nitrogens with zero attached hydrogens (tertiary/aromatic N) is 4. The van der Waals surface area contributed by atoms with Crippen LogP contribution in [0.5, 0.6) is 17.4 Å². The molecule has 168 valence electrons. The molecule has 9 nitrogen and oxygen atoms in total. The van der Waals surface area contributed by atoms with E-state index in [4.69, 9.17) is 14.2 Å². The van der Waals surface area contributed by atoms with Gasteiger partial charge in [0.1, 0.15) is 0 Å². The number of morpholine rings is 1. The average Bonchev–Trinajstić information content (AvgIpc) is 3.09. The Kier molecular flexibility index (Phi) is 6.67. The van der Waals surface area contributed by atoms with Crippen LogP contribution in [-0.2, 0) is 22.6 Å². The maximum atomic E-state index is 12.5. The van der Waals surface area contributed by atoms with Crippen molar-refractivity contribution in [2.24, 2.45) is 10.2 Å². The molecule has 0 spiro atoms. The third kappa shape index (κ3) is 4.58. The lowest BCUT2D eigenvalue weighted by Crippen LogP contribution is -2.37. The number of aromatic hydroxyl groups is 1. The van der Waals surface area contributed by atoms with Crippen LogP contribution >= 0.6 is 0 Å². The Morgan fingerprint density at radius 3 is 2.59 bits per heavy atom. The number of hydrogen-bond donors (Lipinski definition) is 1. The summed E-state index contributed by atoms with van der Waals surface area (Å²) < 4.78 is 17.7. The van der Waals surface area contributed by atoms with E-state index in [0.717, 1.165) is 29.6 Å². The SMILES string of the molecule is COc1ccc(CC(=O)N=Nc2c(O)n(CN3CCOCC3)c3ccccc23)cc1OC. The van der Waals surface area contributed by atoms with Crippen LogP contribution in [0, 0.1) is 0 Å². The monoisotopic (exact) mass is 438 g/mol. The molecule has 1 saturated heterocycles. The van der Waals surface area contributed by atoms with E-state index in [1.165, 1.54) is 0 Å². The van der Waals surface area contributed by atoms with E-state index in [1.54, 1.807) is 37.0 Å². The van der Waals surface area contributed by atoms with Crippen molar-refractivity contribution in [3.05, 3.63) is 48.0 Å². The maximum Gasteiger partial charge on any atom is 0.269 e. The van der Waals surface area contributed by atoms with Gasteiger partial charge in [0.15, 0.2) is 17.2 Å². The van der Waals surface area contributed by atoms with Crippen LogP contribution in [0.2, 0.25) is 0 Å². The summed E-state index contributed by atoms with van der Waals surface area (Å²) in [6.07, 6.45) is 0.0526. The first-order valence-electron chi connectivity index (χ1n) is 10.4. The van der Waals surface area contributed by atoms with E-state index < -0.39 is 5.91 Å². The summed E-state index contributed by atoms with van der Waals surface area (Å²) in [5, 5.41) is 19.6. The van der Waals surface area contributed by atoms with Crippen LogP contribution in [-0.4, -0.2) is 61.0 Å². The Labute approximate surface area is 185 Å². The Morgan fingerprint density at radius 2 is 1.84 bits per heavy atom. The smallest absolute Gasteiger partial charge is 0.269 e. The zero-order valence-corrected chi connectivity index (χ0v) is 18.2. The van der Waals surface area contributed by atoms with Gasteiger partial charge in [-0.2, -0.15) is 0 Å². The number of carbonyl (C=O) groups excluding carboxylic acids is 1. The third-order valence-electron chi connectivity index (χ3n) is 5.43. The Bertz CT molecular complexity index is 1130. The van der Waals surface area contributed by atoms with Gasteiger partial charge in [0.05, 0.1) is 46.0 Å². The molecule has 1 aliphatic heterocycles. The lowest BCUT2D eigenvalue weighted by atomic mass is 10.1. The van der Waals surface area contributed by atoms with Gasteiger partial charge in [-0.1, -0.05) is 24.3 Å². The summed E-state index contributed by atoms with van der Waals surface area (Å²) in [5.41, 5.74) is 1.85. The molecule has 1 aromatic heterocycles. The predicted octanol–water partition coefficient (Wildman–Crippen LogP) is 3.51. The van der Waals surface area contributed by atoms with E-state index >= 15 is 0 Å². The summed E-state index contributed by atoms with van der Waals surface area (Å²) in [7, 11) is 3.09. The number of methoxy groups -OCH3 is 2. The summed E-state index contributed by atoms with van der Waals surface area (Å²) in [6, 6.07) is 12.8. The lowest BCUT2D eigenvalue weighted by molar-refractivity contribution is -0.117. The van der Waals surface area contributed by atoms with Crippen molar-refractivity contribution < 1.29 is 24.1 Å². The summed E-state index contributed by atoms with van der Waals surface area (Å²) in [6.45, 7) is 3.40.